The zero-order chi connectivity index (χ0) is 80.2. The van der Waals surface area contributed by atoms with Gasteiger partial charge in [-0.2, -0.15) is 0 Å². The summed E-state index contributed by atoms with van der Waals surface area (Å²) >= 11 is 0. The molecule has 0 aliphatic rings. The van der Waals surface area contributed by atoms with E-state index in [2.05, 4.69) is 97.1 Å². The second-order valence-corrected chi connectivity index (χ2v) is 28.5. The van der Waals surface area contributed by atoms with Crippen molar-refractivity contribution in [2.45, 2.75) is 0 Å². The van der Waals surface area contributed by atoms with Crippen LogP contribution in [0.3, 0.4) is 0 Å². The van der Waals surface area contributed by atoms with Crippen molar-refractivity contribution in [1.82, 2.24) is 69.8 Å². The molecule has 0 saturated heterocycles. The van der Waals surface area contributed by atoms with Crippen LogP contribution in [0.2, 0.25) is 0 Å². The van der Waals surface area contributed by atoms with E-state index in [1.807, 2.05) is 322 Å². The lowest BCUT2D eigenvalue weighted by molar-refractivity contribution is 1.17. The molecule has 14 heteroatoms. The van der Waals surface area contributed by atoms with E-state index in [0.29, 0.717) is 63.2 Å². The van der Waals surface area contributed by atoms with Gasteiger partial charge >= 0.3 is 0 Å². The molecule has 10 heterocycles. The van der Waals surface area contributed by atoms with E-state index in [0.717, 1.165) is 140 Å². The summed E-state index contributed by atoms with van der Waals surface area (Å²) in [6, 6.07) is 134. The Labute approximate surface area is 694 Å². The second-order valence-electron chi connectivity index (χ2n) is 28.5. The van der Waals surface area contributed by atoms with Gasteiger partial charge in [0.15, 0.2) is 23.3 Å². The van der Waals surface area contributed by atoms with Crippen molar-refractivity contribution in [2.75, 3.05) is 0 Å². The van der Waals surface area contributed by atoms with Gasteiger partial charge < -0.3 is 0 Å². The largest absolute Gasteiger partial charge is 0.255 e. The third kappa shape index (κ3) is 16.6. The SMILES string of the molecule is c1ccc(-c2cc(-c3cc(-c4cc(-c5ccccc5)nc(-c5ccccc5)n4)ccn3)nc(-c3cc(-c4cc(-c5ccccc5)nc(-c5ccccc5)n4)ccn3)c2)cc1.c1ccc(-c2cc(-c3ccc(-c4cc(-c5ccccc5)nc(-c5ccccc5)n4)cn3)nc(-c3ncccc3-c3cc(-c4ccccc4)nc(-c4ccccc4)n3)c2)cc1. The molecule has 0 N–H and O–H groups in total. The highest BCUT2D eigenvalue weighted by atomic mass is 14.9. The first-order valence-corrected chi connectivity index (χ1v) is 39.4. The Morgan fingerprint density at radius 2 is 0.400 bits per heavy atom. The van der Waals surface area contributed by atoms with Gasteiger partial charge in [-0.05, 0) is 119 Å². The van der Waals surface area contributed by atoms with Crippen LogP contribution in [-0.4, -0.2) is 69.8 Å². The van der Waals surface area contributed by atoms with Crippen molar-refractivity contribution in [1.29, 1.82) is 0 Å². The van der Waals surface area contributed by atoms with Crippen LogP contribution in [0.15, 0.2) is 425 Å². The maximum absolute atomic E-state index is 5.26. The van der Waals surface area contributed by atoms with Crippen molar-refractivity contribution < 1.29 is 0 Å². The van der Waals surface area contributed by atoms with Crippen LogP contribution in [0.5, 0.6) is 0 Å². The molecule has 0 aliphatic heterocycles. The molecule has 10 aromatic carbocycles. The summed E-state index contributed by atoms with van der Waals surface area (Å²) in [5.41, 5.74) is 27.5. The molecular formula is C106H70N14. The van der Waals surface area contributed by atoms with Crippen LogP contribution in [0.25, 0.3) is 203 Å². The maximum atomic E-state index is 5.26. The van der Waals surface area contributed by atoms with Gasteiger partial charge in [0.05, 0.1) is 91.1 Å². The third-order valence-electron chi connectivity index (χ3n) is 20.5. The molecule has 0 aliphatic carbocycles. The van der Waals surface area contributed by atoms with E-state index >= 15 is 0 Å². The molecule has 14 nitrogen and oxygen atoms in total. The molecule has 564 valence electrons. The molecule has 0 atom stereocenters. The smallest absolute Gasteiger partial charge is 0.160 e. The Bertz CT molecular complexity index is 6550. The van der Waals surface area contributed by atoms with E-state index in [1.54, 1.807) is 6.20 Å². The molecule has 120 heavy (non-hydrogen) atoms. The monoisotopic (exact) mass is 1540 g/mol. The van der Waals surface area contributed by atoms with Crippen LogP contribution < -0.4 is 0 Å². The summed E-state index contributed by atoms with van der Waals surface area (Å²) in [5.74, 6) is 2.59. The summed E-state index contributed by atoms with van der Waals surface area (Å²) in [7, 11) is 0. The van der Waals surface area contributed by atoms with Crippen LogP contribution in [0.1, 0.15) is 0 Å². The van der Waals surface area contributed by atoms with Gasteiger partial charge in [-0.25, -0.2) is 49.8 Å². The normalized spacial score (nSPS) is 11.0. The Morgan fingerprint density at radius 3 is 0.742 bits per heavy atom. The summed E-state index contributed by atoms with van der Waals surface area (Å²) < 4.78 is 0. The molecule has 20 rings (SSSR count). The van der Waals surface area contributed by atoms with E-state index in [4.69, 9.17) is 69.8 Å². The maximum Gasteiger partial charge on any atom is 0.160 e. The second kappa shape index (κ2) is 34.2. The number of rotatable bonds is 18. The Balaban J connectivity index is 0.000000159. The zero-order valence-electron chi connectivity index (χ0n) is 64.7. The Kier molecular flexibility index (Phi) is 21.0. The van der Waals surface area contributed by atoms with Crippen molar-refractivity contribution >= 4 is 0 Å². The molecule has 0 amide bonds. The van der Waals surface area contributed by atoms with Crippen molar-refractivity contribution in [3.05, 3.63) is 425 Å². The third-order valence-corrected chi connectivity index (χ3v) is 20.5. The molecule has 0 saturated carbocycles. The van der Waals surface area contributed by atoms with E-state index in [-0.39, 0.29) is 0 Å². The fourth-order valence-corrected chi connectivity index (χ4v) is 14.4. The quantitative estimate of drug-likeness (QED) is 0.0791. The molecule has 0 bridgehead atoms. The fourth-order valence-electron chi connectivity index (χ4n) is 14.4. The topological polar surface area (TPSA) is 180 Å². The first-order valence-electron chi connectivity index (χ1n) is 39.4. The predicted molar refractivity (Wildman–Crippen MR) is 480 cm³/mol. The molecular weight excluding hydrogens is 1470 g/mol. The van der Waals surface area contributed by atoms with Gasteiger partial charge in [0.2, 0.25) is 0 Å². The first kappa shape index (κ1) is 73.6. The number of hydrogen-bond acceptors (Lipinski definition) is 14. The van der Waals surface area contributed by atoms with Gasteiger partial charge in [0, 0.05) is 91.5 Å². The molecule has 0 fully saturated rings. The average molecular weight is 1540 g/mol. The van der Waals surface area contributed by atoms with Gasteiger partial charge in [-0.3, -0.25) is 19.9 Å². The zero-order valence-corrected chi connectivity index (χ0v) is 64.7. The molecule has 0 radical (unpaired) electrons. The molecule has 0 spiro atoms. The Hall–Kier alpha value is -16.6. The minimum atomic E-state index is 0.633. The van der Waals surface area contributed by atoms with Crippen molar-refractivity contribution in [2.24, 2.45) is 0 Å². The van der Waals surface area contributed by atoms with Gasteiger partial charge in [0.25, 0.3) is 0 Å². The summed E-state index contributed by atoms with van der Waals surface area (Å²) in [4.78, 5) is 70.4. The lowest BCUT2D eigenvalue weighted by Crippen LogP contribution is -2.00. The fraction of sp³-hybridized carbons (Fsp3) is 0. The number of nitrogens with zero attached hydrogens (tertiary/aromatic N) is 14. The minimum absolute atomic E-state index is 0.633. The molecule has 0 unspecified atom stereocenters. The average Bonchev–Trinajstić information content (AvgIpc) is 0.778. The van der Waals surface area contributed by atoms with Crippen LogP contribution >= 0.6 is 0 Å². The number of benzene rings is 10. The summed E-state index contributed by atoms with van der Waals surface area (Å²) in [6.07, 6.45) is 7.29. The van der Waals surface area contributed by atoms with E-state index in [9.17, 15) is 0 Å². The summed E-state index contributed by atoms with van der Waals surface area (Å²) in [5, 5.41) is 0. The number of hydrogen-bond donors (Lipinski definition) is 0. The molecule has 10 aromatic heterocycles. The highest BCUT2D eigenvalue weighted by Gasteiger charge is 2.22. The highest BCUT2D eigenvalue weighted by Crippen LogP contribution is 2.40. The standard InChI is InChI=1S/2C53H35N7/c1-6-17-36(18-7-1)42-31-49(44-29-28-41(35-55-44)47-33-45(37-19-8-2-9-20-37)57-52(59-47)39-23-12-4-13-24-39)56-50(32-42)51-43(27-16-30-54-51)48-34-46(38-21-10-3-11-22-38)58-53(60-48)40-25-14-5-15-26-40;1-6-16-36(17-7-1)43-32-50(48-30-41(26-28-54-48)46-34-44(37-18-8-2-9-19-37)57-52(59-46)39-22-12-4-13-23-39)56-51(33-43)49-31-42(27-29-55-49)47-35-45(38-20-10-3-11-21-38)58-53(60-47)40-24-14-5-15-25-40/h2*1-35H. The lowest BCUT2D eigenvalue weighted by atomic mass is 9.99. The lowest BCUT2D eigenvalue weighted by Gasteiger charge is -2.14. The molecule has 20 aromatic rings. The van der Waals surface area contributed by atoms with Crippen LogP contribution in [0, 0.1) is 0 Å². The first-order chi connectivity index (χ1) is 59.4. The van der Waals surface area contributed by atoms with E-state index < -0.39 is 0 Å². The van der Waals surface area contributed by atoms with E-state index in [1.165, 1.54) is 0 Å². The Morgan fingerprint density at radius 1 is 0.125 bits per heavy atom. The highest BCUT2D eigenvalue weighted by molar-refractivity contribution is 5.86. The van der Waals surface area contributed by atoms with Crippen molar-refractivity contribution in [3.8, 4) is 203 Å². The number of aromatic nitrogens is 14. The van der Waals surface area contributed by atoms with Crippen LogP contribution in [-0.2, 0) is 0 Å². The predicted octanol–water partition coefficient (Wildman–Crippen LogP) is 24.9. The summed E-state index contributed by atoms with van der Waals surface area (Å²) in [6.45, 7) is 0. The van der Waals surface area contributed by atoms with Gasteiger partial charge in [0.1, 0.15) is 0 Å². The van der Waals surface area contributed by atoms with Gasteiger partial charge in [-0.15, -0.1) is 0 Å². The van der Waals surface area contributed by atoms with Crippen LogP contribution in [0.4, 0.5) is 0 Å². The minimum Gasteiger partial charge on any atom is -0.255 e. The number of pyridine rings is 6. The van der Waals surface area contributed by atoms with Gasteiger partial charge in [-0.1, -0.05) is 303 Å². The van der Waals surface area contributed by atoms with Crippen molar-refractivity contribution in [3.63, 3.8) is 0 Å².